The first-order valence-corrected chi connectivity index (χ1v) is 3.82. The van der Waals surface area contributed by atoms with E-state index in [0.717, 1.165) is 5.56 Å². The Hall–Kier alpha value is -1.35. The van der Waals surface area contributed by atoms with Crippen molar-refractivity contribution in [2.75, 3.05) is 0 Å². The number of carbonyl (C=O) groups is 1. The van der Waals surface area contributed by atoms with Gasteiger partial charge in [0.1, 0.15) is 11.8 Å². The molecule has 1 aliphatic heterocycles. The molecule has 0 unspecified atom stereocenters. The molecule has 12 heavy (non-hydrogen) atoms. The van der Waals surface area contributed by atoms with Crippen molar-refractivity contribution >= 4 is 5.97 Å². The Morgan fingerprint density at radius 3 is 3.00 bits per heavy atom. The van der Waals surface area contributed by atoms with Gasteiger partial charge >= 0.3 is 5.97 Å². The lowest BCUT2D eigenvalue weighted by Gasteiger charge is -2.19. The zero-order valence-electron chi connectivity index (χ0n) is 6.49. The lowest BCUT2D eigenvalue weighted by Crippen LogP contribution is -2.39. The quantitative estimate of drug-likeness (QED) is 0.447. The molecule has 0 aromatic heterocycles. The van der Waals surface area contributed by atoms with Crippen molar-refractivity contribution in [3.8, 4) is 5.75 Å². The van der Waals surface area contributed by atoms with Gasteiger partial charge in [0.2, 0.25) is 0 Å². The first-order chi connectivity index (χ1) is 5.77. The molecule has 3 nitrogen and oxygen atoms in total. The summed E-state index contributed by atoms with van der Waals surface area (Å²) in [5.74, 6) is 0.304. The summed E-state index contributed by atoms with van der Waals surface area (Å²) in [6, 6.07) is 6.94. The second-order valence-corrected chi connectivity index (χ2v) is 2.84. The van der Waals surface area contributed by atoms with Crippen molar-refractivity contribution in [2.45, 2.75) is 12.5 Å². The summed E-state index contributed by atoms with van der Waals surface area (Å²) in [6.07, 6.45) is 0.578. The van der Waals surface area contributed by atoms with Crippen LogP contribution < -0.4 is 10.5 Å². The van der Waals surface area contributed by atoms with Gasteiger partial charge in [-0.2, -0.15) is 0 Å². The molecule has 1 aliphatic rings. The van der Waals surface area contributed by atoms with Gasteiger partial charge in [-0.25, -0.2) is 4.79 Å². The highest BCUT2D eigenvalue weighted by Crippen LogP contribution is 2.23. The molecule has 62 valence electrons. The highest BCUT2D eigenvalue weighted by molar-refractivity contribution is 5.80. The largest absolute Gasteiger partial charge is 0.425 e. The number of nitrogens with two attached hydrogens (primary N) is 1. The monoisotopic (exact) mass is 163 g/mol. The van der Waals surface area contributed by atoms with E-state index in [1.165, 1.54) is 0 Å². The van der Waals surface area contributed by atoms with Gasteiger partial charge in [-0.15, -0.1) is 0 Å². The van der Waals surface area contributed by atoms with Crippen LogP contribution >= 0.6 is 0 Å². The Morgan fingerprint density at radius 2 is 2.17 bits per heavy atom. The Labute approximate surface area is 70.1 Å². The lowest BCUT2D eigenvalue weighted by molar-refractivity contribution is -0.136. The summed E-state index contributed by atoms with van der Waals surface area (Å²) < 4.78 is 4.98. The first-order valence-electron chi connectivity index (χ1n) is 3.82. The molecule has 0 amide bonds. The van der Waals surface area contributed by atoms with Crippen molar-refractivity contribution < 1.29 is 9.53 Å². The molecule has 0 radical (unpaired) electrons. The molecule has 0 bridgehead atoms. The number of fused-ring (bicyclic) bond motifs is 1. The summed E-state index contributed by atoms with van der Waals surface area (Å²) in [5.41, 5.74) is 6.52. The maximum atomic E-state index is 11.0. The lowest BCUT2D eigenvalue weighted by atomic mass is 10.0. The van der Waals surface area contributed by atoms with E-state index in [4.69, 9.17) is 10.5 Å². The zero-order valence-corrected chi connectivity index (χ0v) is 6.49. The van der Waals surface area contributed by atoms with Crippen LogP contribution in [0, 0.1) is 0 Å². The number of benzene rings is 1. The fraction of sp³-hybridized carbons (Fsp3) is 0.222. The molecule has 2 rings (SSSR count). The van der Waals surface area contributed by atoms with Crippen LogP contribution in [0.1, 0.15) is 5.56 Å². The van der Waals surface area contributed by atoms with Crippen LogP contribution in [0.25, 0.3) is 0 Å². The van der Waals surface area contributed by atoms with Gasteiger partial charge in [-0.05, 0) is 11.6 Å². The topological polar surface area (TPSA) is 52.3 Å². The van der Waals surface area contributed by atoms with Gasteiger partial charge in [0.25, 0.3) is 0 Å². The van der Waals surface area contributed by atoms with E-state index in [2.05, 4.69) is 0 Å². The van der Waals surface area contributed by atoms with Crippen LogP contribution in [-0.2, 0) is 11.2 Å². The molecule has 1 heterocycles. The number of para-hydroxylation sites is 1. The van der Waals surface area contributed by atoms with Gasteiger partial charge in [0.15, 0.2) is 0 Å². The Morgan fingerprint density at radius 1 is 1.42 bits per heavy atom. The molecule has 0 aliphatic carbocycles. The van der Waals surface area contributed by atoms with Gasteiger partial charge in [0, 0.05) is 6.42 Å². The van der Waals surface area contributed by atoms with Crippen molar-refractivity contribution in [3.63, 3.8) is 0 Å². The standard InChI is InChI=1S/C9H9NO2/c10-7-5-6-3-1-2-4-8(6)12-9(7)11/h1-4,7H,5,10H2/t7-/m1/s1. The van der Waals surface area contributed by atoms with E-state index in [0.29, 0.717) is 12.2 Å². The summed E-state index contributed by atoms with van der Waals surface area (Å²) in [4.78, 5) is 11.0. The molecule has 1 atom stereocenters. The number of hydrogen-bond donors (Lipinski definition) is 1. The molecule has 0 saturated heterocycles. The van der Waals surface area contributed by atoms with Crippen LogP contribution in [0.4, 0.5) is 0 Å². The Kier molecular flexibility index (Phi) is 1.59. The normalized spacial score (nSPS) is 21.4. The minimum absolute atomic E-state index is 0.339. The zero-order chi connectivity index (χ0) is 8.55. The number of ether oxygens (including phenoxy) is 1. The maximum absolute atomic E-state index is 11.0. The number of carbonyl (C=O) groups excluding carboxylic acids is 1. The summed E-state index contributed by atoms with van der Waals surface area (Å²) in [5, 5.41) is 0. The third-order valence-electron chi connectivity index (χ3n) is 1.93. The minimum atomic E-state index is -0.500. The second-order valence-electron chi connectivity index (χ2n) is 2.84. The van der Waals surface area contributed by atoms with Crippen molar-refractivity contribution in [1.29, 1.82) is 0 Å². The van der Waals surface area contributed by atoms with Crippen molar-refractivity contribution in [2.24, 2.45) is 5.73 Å². The van der Waals surface area contributed by atoms with E-state index in [1.807, 2.05) is 18.2 Å². The highest BCUT2D eigenvalue weighted by atomic mass is 16.5. The predicted octanol–water partition coefficient (Wildman–Crippen LogP) is 0.475. The number of esters is 1. The van der Waals surface area contributed by atoms with Gasteiger partial charge in [-0.3, -0.25) is 0 Å². The molecule has 0 fully saturated rings. The fourth-order valence-corrected chi connectivity index (χ4v) is 1.28. The van der Waals surface area contributed by atoms with Crippen LogP contribution in [0.3, 0.4) is 0 Å². The van der Waals surface area contributed by atoms with Crippen LogP contribution in [-0.4, -0.2) is 12.0 Å². The van der Waals surface area contributed by atoms with Gasteiger partial charge in [-0.1, -0.05) is 18.2 Å². The summed E-state index contributed by atoms with van der Waals surface area (Å²) in [7, 11) is 0. The molecule has 2 N–H and O–H groups in total. The SMILES string of the molecule is N[C@@H]1Cc2ccccc2OC1=O. The van der Waals surface area contributed by atoms with Crippen LogP contribution in [0.2, 0.25) is 0 Å². The van der Waals surface area contributed by atoms with E-state index in [9.17, 15) is 4.79 Å². The van der Waals surface area contributed by atoms with Gasteiger partial charge in [0.05, 0.1) is 0 Å². The van der Waals surface area contributed by atoms with Crippen LogP contribution in [0.5, 0.6) is 5.75 Å². The van der Waals surface area contributed by atoms with E-state index < -0.39 is 6.04 Å². The molecular weight excluding hydrogens is 154 g/mol. The molecule has 3 heteroatoms. The van der Waals surface area contributed by atoms with E-state index in [-0.39, 0.29) is 5.97 Å². The van der Waals surface area contributed by atoms with E-state index in [1.54, 1.807) is 6.07 Å². The third-order valence-corrected chi connectivity index (χ3v) is 1.93. The fourth-order valence-electron chi connectivity index (χ4n) is 1.28. The Balaban J connectivity index is 2.40. The molecule has 1 aromatic rings. The average Bonchev–Trinajstić information content (AvgIpc) is 2.07. The smallest absolute Gasteiger partial charge is 0.328 e. The Bertz CT molecular complexity index is 322. The highest BCUT2D eigenvalue weighted by Gasteiger charge is 2.24. The second kappa shape index (κ2) is 2.60. The number of rotatable bonds is 0. The molecular formula is C9H9NO2. The van der Waals surface area contributed by atoms with Crippen molar-refractivity contribution in [1.82, 2.24) is 0 Å². The summed E-state index contributed by atoms with van der Waals surface area (Å²) >= 11 is 0. The molecule has 1 aromatic carbocycles. The average molecular weight is 163 g/mol. The number of hydrogen-bond acceptors (Lipinski definition) is 3. The predicted molar refractivity (Wildman–Crippen MR) is 43.8 cm³/mol. The third kappa shape index (κ3) is 1.08. The summed E-state index contributed by atoms with van der Waals surface area (Å²) in [6.45, 7) is 0. The maximum Gasteiger partial charge on any atom is 0.328 e. The first kappa shape index (κ1) is 7.31. The van der Waals surface area contributed by atoms with Gasteiger partial charge < -0.3 is 10.5 Å². The van der Waals surface area contributed by atoms with Crippen LogP contribution in [0.15, 0.2) is 24.3 Å². The molecule has 0 spiro atoms. The van der Waals surface area contributed by atoms with Crippen molar-refractivity contribution in [3.05, 3.63) is 29.8 Å². The molecule has 0 saturated carbocycles. The van der Waals surface area contributed by atoms with E-state index >= 15 is 0 Å². The minimum Gasteiger partial charge on any atom is -0.425 e.